The number of nitriles is 1. The van der Waals surface area contributed by atoms with Crippen LogP contribution in [0.25, 0.3) is 0 Å². The van der Waals surface area contributed by atoms with E-state index in [0.717, 1.165) is 25.9 Å². The molecular formula is C15H14FN3O2. The molecule has 1 aliphatic heterocycles. The van der Waals surface area contributed by atoms with Crippen LogP contribution in [0.1, 0.15) is 24.4 Å². The molecule has 1 aromatic carbocycles. The van der Waals surface area contributed by atoms with Gasteiger partial charge in [-0.25, -0.2) is 4.39 Å². The van der Waals surface area contributed by atoms with Crippen molar-refractivity contribution in [3.63, 3.8) is 0 Å². The van der Waals surface area contributed by atoms with Gasteiger partial charge < -0.3 is 14.1 Å². The lowest BCUT2D eigenvalue weighted by Gasteiger charge is -2.12. The lowest BCUT2D eigenvalue weighted by Crippen LogP contribution is -2.17. The van der Waals surface area contributed by atoms with Crippen molar-refractivity contribution in [2.75, 3.05) is 18.0 Å². The number of benzene rings is 1. The summed E-state index contributed by atoms with van der Waals surface area (Å²) in [5.74, 6) is 0.458. The van der Waals surface area contributed by atoms with Crippen molar-refractivity contribution in [1.29, 1.82) is 5.26 Å². The Bertz CT molecular complexity index is 672. The van der Waals surface area contributed by atoms with Crippen LogP contribution in [0.15, 0.2) is 28.7 Å². The first-order valence-corrected chi connectivity index (χ1v) is 6.80. The van der Waals surface area contributed by atoms with Crippen LogP contribution in [0.3, 0.4) is 0 Å². The SMILES string of the molecule is N#Cc1nc(COc2ccccc2F)oc1N1CCCC1. The van der Waals surface area contributed by atoms with E-state index in [0.29, 0.717) is 5.88 Å². The zero-order valence-electron chi connectivity index (χ0n) is 11.4. The minimum absolute atomic E-state index is 0.0105. The summed E-state index contributed by atoms with van der Waals surface area (Å²) in [5, 5.41) is 9.12. The summed E-state index contributed by atoms with van der Waals surface area (Å²) in [7, 11) is 0. The van der Waals surface area contributed by atoms with E-state index in [1.54, 1.807) is 12.1 Å². The summed E-state index contributed by atoms with van der Waals surface area (Å²) in [6, 6.07) is 8.15. The Morgan fingerprint density at radius 3 is 2.81 bits per heavy atom. The first-order chi connectivity index (χ1) is 10.3. The van der Waals surface area contributed by atoms with E-state index in [1.807, 2.05) is 11.0 Å². The summed E-state index contributed by atoms with van der Waals surface area (Å²) < 4.78 is 24.4. The van der Waals surface area contributed by atoms with Gasteiger partial charge in [0.05, 0.1) is 0 Å². The molecule has 5 nitrogen and oxygen atoms in total. The molecule has 1 aliphatic rings. The summed E-state index contributed by atoms with van der Waals surface area (Å²) in [5.41, 5.74) is 0.254. The quantitative estimate of drug-likeness (QED) is 0.865. The highest BCUT2D eigenvalue weighted by Gasteiger charge is 2.22. The second-order valence-electron chi connectivity index (χ2n) is 4.79. The predicted molar refractivity (Wildman–Crippen MR) is 73.4 cm³/mol. The maximum Gasteiger partial charge on any atom is 0.236 e. The molecule has 0 aliphatic carbocycles. The topological polar surface area (TPSA) is 62.3 Å². The summed E-state index contributed by atoms with van der Waals surface area (Å²) in [4.78, 5) is 6.10. The minimum atomic E-state index is -0.440. The summed E-state index contributed by atoms with van der Waals surface area (Å²) in [6.45, 7) is 1.71. The molecule has 3 rings (SSSR count). The van der Waals surface area contributed by atoms with Gasteiger partial charge in [0.15, 0.2) is 18.2 Å². The second-order valence-corrected chi connectivity index (χ2v) is 4.79. The van der Waals surface area contributed by atoms with Crippen molar-refractivity contribution >= 4 is 5.88 Å². The lowest BCUT2D eigenvalue weighted by atomic mass is 10.3. The van der Waals surface area contributed by atoms with Crippen molar-refractivity contribution in [3.05, 3.63) is 41.7 Å². The molecule has 0 spiro atoms. The highest BCUT2D eigenvalue weighted by atomic mass is 19.1. The van der Waals surface area contributed by atoms with Gasteiger partial charge >= 0.3 is 0 Å². The molecular weight excluding hydrogens is 273 g/mol. The molecule has 1 saturated heterocycles. The van der Waals surface area contributed by atoms with Gasteiger partial charge in [0.2, 0.25) is 17.5 Å². The number of aromatic nitrogens is 1. The zero-order chi connectivity index (χ0) is 14.7. The zero-order valence-corrected chi connectivity index (χ0v) is 11.4. The van der Waals surface area contributed by atoms with Gasteiger partial charge in [-0.3, -0.25) is 0 Å². The molecule has 108 valence electrons. The van der Waals surface area contributed by atoms with Gasteiger partial charge in [-0.05, 0) is 25.0 Å². The van der Waals surface area contributed by atoms with Gasteiger partial charge in [-0.2, -0.15) is 10.2 Å². The number of hydrogen-bond acceptors (Lipinski definition) is 5. The number of anilines is 1. The molecule has 0 bridgehead atoms. The fraction of sp³-hybridized carbons (Fsp3) is 0.333. The van der Waals surface area contributed by atoms with Crippen LogP contribution >= 0.6 is 0 Å². The molecule has 21 heavy (non-hydrogen) atoms. The van der Waals surface area contributed by atoms with E-state index in [4.69, 9.17) is 14.4 Å². The van der Waals surface area contributed by atoms with Crippen molar-refractivity contribution in [1.82, 2.24) is 4.98 Å². The molecule has 6 heteroatoms. The Morgan fingerprint density at radius 1 is 1.33 bits per heavy atom. The van der Waals surface area contributed by atoms with Gasteiger partial charge in [0, 0.05) is 13.1 Å². The summed E-state index contributed by atoms with van der Waals surface area (Å²) in [6.07, 6.45) is 2.15. The number of nitrogens with zero attached hydrogens (tertiary/aromatic N) is 3. The summed E-state index contributed by atoms with van der Waals surface area (Å²) >= 11 is 0. The third kappa shape index (κ3) is 2.82. The second kappa shape index (κ2) is 5.83. The van der Waals surface area contributed by atoms with E-state index in [9.17, 15) is 4.39 Å². The van der Waals surface area contributed by atoms with Crippen molar-refractivity contribution in [2.24, 2.45) is 0 Å². The van der Waals surface area contributed by atoms with Crippen LogP contribution in [0.4, 0.5) is 10.3 Å². The lowest BCUT2D eigenvalue weighted by molar-refractivity contribution is 0.252. The third-order valence-electron chi connectivity index (χ3n) is 3.34. The predicted octanol–water partition coefficient (Wildman–Crippen LogP) is 2.86. The Labute approximate surface area is 121 Å². The number of rotatable bonds is 4. The molecule has 1 fully saturated rings. The molecule has 0 saturated carbocycles. The Hall–Kier alpha value is -2.55. The molecule has 2 aromatic rings. The number of para-hydroxylation sites is 1. The average Bonchev–Trinajstić information content (AvgIpc) is 3.15. The molecule has 0 radical (unpaired) electrons. The Morgan fingerprint density at radius 2 is 2.10 bits per heavy atom. The van der Waals surface area contributed by atoms with Crippen LogP contribution in [0.2, 0.25) is 0 Å². The van der Waals surface area contributed by atoms with Gasteiger partial charge in [0.1, 0.15) is 6.07 Å². The van der Waals surface area contributed by atoms with Gasteiger partial charge in [-0.1, -0.05) is 12.1 Å². The highest BCUT2D eigenvalue weighted by molar-refractivity contribution is 5.48. The fourth-order valence-corrected chi connectivity index (χ4v) is 2.33. The molecule has 2 heterocycles. The first kappa shape index (κ1) is 13.4. The van der Waals surface area contributed by atoms with Crippen LogP contribution in [-0.4, -0.2) is 18.1 Å². The van der Waals surface area contributed by atoms with E-state index >= 15 is 0 Å². The average molecular weight is 287 g/mol. The molecule has 1 aromatic heterocycles. The van der Waals surface area contributed by atoms with Crippen LogP contribution in [0, 0.1) is 17.1 Å². The number of oxazole rings is 1. The van der Waals surface area contributed by atoms with Crippen LogP contribution in [-0.2, 0) is 6.61 Å². The molecule has 0 N–H and O–H groups in total. The van der Waals surface area contributed by atoms with E-state index in [2.05, 4.69) is 4.98 Å². The standard InChI is InChI=1S/C15H14FN3O2/c16-11-5-1-2-6-13(11)20-10-14-18-12(9-17)15(21-14)19-7-3-4-8-19/h1-2,5-6H,3-4,7-8,10H2. The first-order valence-electron chi connectivity index (χ1n) is 6.80. The minimum Gasteiger partial charge on any atom is -0.481 e. The highest BCUT2D eigenvalue weighted by Crippen LogP contribution is 2.26. The van der Waals surface area contributed by atoms with Crippen molar-refractivity contribution in [2.45, 2.75) is 19.4 Å². The van der Waals surface area contributed by atoms with E-state index < -0.39 is 5.82 Å². The molecule has 0 amide bonds. The van der Waals surface area contributed by atoms with E-state index in [-0.39, 0.29) is 23.9 Å². The normalized spacial score (nSPS) is 14.2. The maximum absolute atomic E-state index is 13.5. The molecule has 0 unspecified atom stereocenters. The fourth-order valence-electron chi connectivity index (χ4n) is 2.33. The Kier molecular flexibility index (Phi) is 3.73. The molecule has 0 atom stereocenters. The van der Waals surface area contributed by atoms with Gasteiger partial charge in [0.25, 0.3) is 0 Å². The van der Waals surface area contributed by atoms with Crippen molar-refractivity contribution in [3.8, 4) is 11.8 Å². The van der Waals surface area contributed by atoms with Gasteiger partial charge in [-0.15, -0.1) is 0 Å². The number of halogens is 1. The number of ether oxygens (including phenoxy) is 1. The smallest absolute Gasteiger partial charge is 0.236 e. The number of hydrogen-bond donors (Lipinski definition) is 0. The van der Waals surface area contributed by atoms with Crippen LogP contribution < -0.4 is 9.64 Å². The Balaban J connectivity index is 1.74. The van der Waals surface area contributed by atoms with E-state index in [1.165, 1.54) is 12.1 Å². The maximum atomic E-state index is 13.5. The monoisotopic (exact) mass is 287 g/mol. The largest absolute Gasteiger partial charge is 0.481 e. The van der Waals surface area contributed by atoms with Crippen molar-refractivity contribution < 1.29 is 13.5 Å². The third-order valence-corrected chi connectivity index (χ3v) is 3.34. The van der Waals surface area contributed by atoms with Crippen LogP contribution in [0.5, 0.6) is 5.75 Å².